The summed E-state index contributed by atoms with van der Waals surface area (Å²) in [5.74, 6) is 0. The average molecular weight is 236 g/mol. The van der Waals surface area contributed by atoms with Gasteiger partial charge in [-0.15, -0.1) is 12.4 Å². The first-order valence-corrected chi connectivity index (χ1v) is 6.56. The minimum absolute atomic E-state index is 0. The van der Waals surface area contributed by atoms with Crippen LogP contribution in [0.4, 0.5) is 0 Å². The molecule has 0 aromatic rings. The molecule has 0 aliphatic rings. The van der Waals surface area contributed by atoms with Gasteiger partial charge in [0, 0.05) is 0 Å². The third-order valence-corrected chi connectivity index (χ3v) is 2.78. The lowest BCUT2D eigenvalue weighted by molar-refractivity contribution is 0.551. The molecule has 0 saturated carbocycles. The predicted octanol–water partition coefficient (Wildman–Crippen LogP) is 4.55. The Morgan fingerprint density at radius 3 is 1.47 bits per heavy atom. The zero-order chi connectivity index (χ0) is 10.5. The minimum atomic E-state index is 0. The molecule has 0 heterocycles. The van der Waals surface area contributed by atoms with Gasteiger partial charge < -0.3 is 5.32 Å². The predicted molar refractivity (Wildman–Crippen MR) is 73.0 cm³/mol. The average Bonchev–Trinajstić information content (AvgIpc) is 2.21. The maximum Gasteiger partial charge on any atom is -0.00519 e. The van der Waals surface area contributed by atoms with Crippen molar-refractivity contribution in [1.82, 2.24) is 5.32 Å². The highest BCUT2D eigenvalue weighted by molar-refractivity contribution is 5.85. The Kier molecular flexibility index (Phi) is 19.6. The van der Waals surface area contributed by atoms with Gasteiger partial charge in [0.1, 0.15) is 0 Å². The van der Waals surface area contributed by atoms with E-state index in [2.05, 4.69) is 12.2 Å². The van der Waals surface area contributed by atoms with E-state index in [-0.39, 0.29) is 12.4 Å². The molecule has 0 aliphatic heterocycles. The molecule has 1 N–H and O–H groups in total. The lowest BCUT2D eigenvalue weighted by atomic mass is 10.1. The standard InChI is InChI=1S/C13H29N.ClH/c1-3-4-5-6-7-8-9-10-11-12-13-14-2;/h14H,3-13H2,1-2H3;1H. The molecule has 15 heavy (non-hydrogen) atoms. The fourth-order valence-corrected chi connectivity index (χ4v) is 1.79. The molecule has 0 radical (unpaired) electrons. The largest absolute Gasteiger partial charge is 0.320 e. The normalized spacial score (nSPS) is 10.0. The summed E-state index contributed by atoms with van der Waals surface area (Å²) in [5.41, 5.74) is 0. The second-order valence-electron chi connectivity index (χ2n) is 4.29. The fourth-order valence-electron chi connectivity index (χ4n) is 1.79. The summed E-state index contributed by atoms with van der Waals surface area (Å²) >= 11 is 0. The zero-order valence-electron chi connectivity index (χ0n) is 10.7. The summed E-state index contributed by atoms with van der Waals surface area (Å²) in [7, 11) is 2.04. The molecule has 94 valence electrons. The van der Waals surface area contributed by atoms with Gasteiger partial charge in [0.05, 0.1) is 0 Å². The van der Waals surface area contributed by atoms with Crippen LogP contribution in [0, 0.1) is 0 Å². The van der Waals surface area contributed by atoms with E-state index >= 15 is 0 Å². The van der Waals surface area contributed by atoms with Gasteiger partial charge in [0.2, 0.25) is 0 Å². The van der Waals surface area contributed by atoms with Gasteiger partial charge in [-0.05, 0) is 20.0 Å². The summed E-state index contributed by atoms with van der Waals surface area (Å²) in [6.45, 7) is 3.47. The third kappa shape index (κ3) is 16.9. The van der Waals surface area contributed by atoms with E-state index in [0.29, 0.717) is 0 Å². The lowest BCUT2D eigenvalue weighted by Crippen LogP contribution is -2.06. The Morgan fingerprint density at radius 2 is 1.07 bits per heavy atom. The minimum Gasteiger partial charge on any atom is -0.320 e. The van der Waals surface area contributed by atoms with Gasteiger partial charge in [0.15, 0.2) is 0 Å². The van der Waals surface area contributed by atoms with Crippen LogP contribution in [0.5, 0.6) is 0 Å². The molecule has 0 aliphatic carbocycles. The second kappa shape index (κ2) is 16.7. The Hall–Kier alpha value is 0.250. The highest BCUT2D eigenvalue weighted by Gasteiger charge is 1.91. The van der Waals surface area contributed by atoms with E-state index in [0.717, 1.165) is 0 Å². The van der Waals surface area contributed by atoms with E-state index in [9.17, 15) is 0 Å². The van der Waals surface area contributed by atoms with Crippen LogP contribution in [0.2, 0.25) is 0 Å². The number of nitrogens with one attached hydrogen (secondary N) is 1. The highest BCUT2D eigenvalue weighted by Crippen LogP contribution is 2.09. The second-order valence-corrected chi connectivity index (χ2v) is 4.29. The van der Waals surface area contributed by atoms with Crippen molar-refractivity contribution < 1.29 is 0 Å². The number of hydrogen-bond acceptors (Lipinski definition) is 1. The van der Waals surface area contributed by atoms with E-state index in [1.165, 1.54) is 70.8 Å². The summed E-state index contributed by atoms with van der Waals surface area (Å²) in [5, 5.41) is 3.19. The zero-order valence-corrected chi connectivity index (χ0v) is 11.5. The molecule has 2 heteroatoms. The maximum absolute atomic E-state index is 3.19. The third-order valence-electron chi connectivity index (χ3n) is 2.78. The Labute approximate surface area is 103 Å². The molecule has 0 saturated heterocycles. The maximum atomic E-state index is 3.19. The quantitative estimate of drug-likeness (QED) is 0.518. The molecule has 0 aromatic carbocycles. The van der Waals surface area contributed by atoms with Crippen LogP contribution < -0.4 is 5.32 Å². The molecule has 0 aromatic heterocycles. The van der Waals surface area contributed by atoms with E-state index in [1.807, 2.05) is 7.05 Å². The van der Waals surface area contributed by atoms with Gasteiger partial charge in [-0.3, -0.25) is 0 Å². The monoisotopic (exact) mass is 235 g/mol. The first kappa shape index (κ1) is 17.6. The smallest absolute Gasteiger partial charge is 0.00519 e. The van der Waals surface area contributed by atoms with Crippen LogP contribution in [-0.4, -0.2) is 13.6 Å². The van der Waals surface area contributed by atoms with Crippen LogP contribution in [-0.2, 0) is 0 Å². The lowest BCUT2D eigenvalue weighted by Gasteiger charge is -2.01. The van der Waals surface area contributed by atoms with Crippen LogP contribution in [0.25, 0.3) is 0 Å². The van der Waals surface area contributed by atoms with Gasteiger partial charge in [-0.2, -0.15) is 0 Å². The van der Waals surface area contributed by atoms with Crippen molar-refractivity contribution in [2.45, 2.75) is 71.1 Å². The molecule has 0 rings (SSSR count). The number of halogens is 1. The van der Waals surface area contributed by atoms with Crippen molar-refractivity contribution in [3.05, 3.63) is 0 Å². The molecule has 0 bridgehead atoms. The summed E-state index contributed by atoms with van der Waals surface area (Å²) < 4.78 is 0. The van der Waals surface area contributed by atoms with E-state index < -0.39 is 0 Å². The van der Waals surface area contributed by atoms with Gasteiger partial charge in [-0.25, -0.2) is 0 Å². The number of hydrogen-bond donors (Lipinski definition) is 1. The van der Waals surface area contributed by atoms with Crippen LogP contribution in [0.3, 0.4) is 0 Å². The van der Waals surface area contributed by atoms with Crippen LogP contribution >= 0.6 is 12.4 Å². The number of unbranched alkanes of at least 4 members (excludes halogenated alkanes) is 9. The van der Waals surface area contributed by atoms with Gasteiger partial charge in [-0.1, -0.05) is 64.7 Å². The Balaban J connectivity index is 0. The molecule has 0 spiro atoms. The molecule has 0 amide bonds. The molecule has 1 nitrogen and oxygen atoms in total. The summed E-state index contributed by atoms with van der Waals surface area (Å²) in [6, 6.07) is 0. The molecular formula is C13H30ClN. The topological polar surface area (TPSA) is 12.0 Å². The molecule has 0 atom stereocenters. The highest BCUT2D eigenvalue weighted by atomic mass is 35.5. The Morgan fingerprint density at radius 1 is 0.667 bits per heavy atom. The fraction of sp³-hybridized carbons (Fsp3) is 1.00. The van der Waals surface area contributed by atoms with Crippen LogP contribution in [0.15, 0.2) is 0 Å². The van der Waals surface area contributed by atoms with Crippen LogP contribution in [0.1, 0.15) is 71.1 Å². The van der Waals surface area contributed by atoms with Crippen molar-refractivity contribution in [3.8, 4) is 0 Å². The molecule has 0 unspecified atom stereocenters. The molecular weight excluding hydrogens is 206 g/mol. The SMILES string of the molecule is CCCCCCCCCCCCNC.Cl. The molecule has 0 fully saturated rings. The summed E-state index contributed by atoms with van der Waals surface area (Å²) in [4.78, 5) is 0. The number of rotatable bonds is 11. The van der Waals surface area contributed by atoms with E-state index in [1.54, 1.807) is 0 Å². The van der Waals surface area contributed by atoms with Gasteiger partial charge >= 0.3 is 0 Å². The summed E-state index contributed by atoms with van der Waals surface area (Å²) in [6.07, 6.45) is 14.3. The van der Waals surface area contributed by atoms with Crippen molar-refractivity contribution in [2.24, 2.45) is 0 Å². The first-order chi connectivity index (χ1) is 6.91. The first-order valence-electron chi connectivity index (χ1n) is 6.56. The van der Waals surface area contributed by atoms with Crippen molar-refractivity contribution >= 4 is 12.4 Å². The Bertz CT molecular complexity index is 84.5. The van der Waals surface area contributed by atoms with E-state index in [4.69, 9.17) is 0 Å². The van der Waals surface area contributed by atoms with Gasteiger partial charge in [0.25, 0.3) is 0 Å². The van der Waals surface area contributed by atoms with Crippen molar-refractivity contribution in [2.75, 3.05) is 13.6 Å². The van der Waals surface area contributed by atoms with Crippen molar-refractivity contribution in [3.63, 3.8) is 0 Å². The van der Waals surface area contributed by atoms with Crippen molar-refractivity contribution in [1.29, 1.82) is 0 Å².